The van der Waals surface area contributed by atoms with Crippen molar-refractivity contribution < 1.29 is 0 Å². The standard InChI is InChI=1S/C21H20N2S/c1-3-9-16(10-4-1)15-18(17-11-5-2-6-12-17)20-23-19-13-7-8-14-22-21(19)24-20/h1-6,9-12,15,22H,7-8,13-14H2. The van der Waals surface area contributed by atoms with Crippen LogP contribution < -0.4 is 5.32 Å². The summed E-state index contributed by atoms with van der Waals surface area (Å²) in [6.07, 6.45) is 5.76. The lowest BCUT2D eigenvalue weighted by Gasteiger charge is -2.05. The van der Waals surface area contributed by atoms with Crippen LogP contribution in [0.3, 0.4) is 0 Å². The molecule has 2 heterocycles. The number of rotatable bonds is 3. The molecule has 0 radical (unpaired) electrons. The fourth-order valence-electron chi connectivity index (χ4n) is 3.00. The minimum Gasteiger partial charge on any atom is -0.375 e. The molecule has 3 heteroatoms. The quantitative estimate of drug-likeness (QED) is 0.642. The molecule has 3 aromatic rings. The lowest BCUT2D eigenvalue weighted by atomic mass is 10.0. The number of thiazole rings is 1. The van der Waals surface area contributed by atoms with Gasteiger partial charge in [-0.05, 0) is 36.5 Å². The summed E-state index contributed by atoms with van der Waals surface area (Å²) in [6, 6.07) is 21.0. The number of aryl methyl sites for hydroxylation is 1. The molecular formula is C21H20N2S. The van der Waals surface area contributed by atoms with Gasteiger partial charge in [-0.1, -0.05) is 72.0 Å². The molecule has 0 atom stereocenters. The van der Waals surface area contributed by atoms with E-state index in [9.17, 15) is 0 Å². The average Bonchev–Trinajstić information content (AvgIpc) is 2.91. The summed E-state index contributed by atoms with van der Waals surface area (Å²) in [6.45, 7) is 1.05. The Morgan fingerprint density at radius 2 is 1.71 bits per heavy atom. The van der Waals surface area contributed by atoms with E-state index in [0.29, 0.717) is 0 Å². The van der Waals surface area contributed by atoms with E-state index in [2.05, 4.69) is 72.1 Å². The first-order chi connectivity index (χ1) is 11.9. The van der Waals surface area contributed by atoms with Crippen molar-refractivity contribution in [2.75, 3.05) is 11.9 Å². The van der Waals surface area contributed by atoms with Crippen molar-refractivity contribution in [2.45, 2.75) is 19.3 Å². The topological polar surface area (TPSA) is 24.9 Å². The Labute approximate surface area is 146 Å². The van der Waals surface area contributed by atoms with Crippen molar-refractivity contribution in [3.63, 3.8) is 0 Å². The van der Waals surface area contributed by atoms with E-state index >= 15 is 0 Å². The van der Waals surface area contributed by atoms with Crippen LogP contribution in [0.15, 0.2) is 60.7 Å². The van der Waals surface area contributed by atoms with E-state index in [4.69, 9.17) is 4.98 Å². The van der Waals surface area contributed by atoms with Crippen LogP contribution in [0.25, 0.3) is 11.6 Å². The molecular weight excluding hydrogens is 312 g/mol. The predicted molar refractivity (Wildman–Crippen MR) is 103 cm³/mol. The number of hydrogen-bond acceptors (Lipinski definition) is 3. The van der Waals surface area contributed by atoms with E-state index in [-0.39, 0.29) is 0 Å². The molecule has 0 spiro atoms. The Morgan fingerprint density at radius 3 is 2.50 bits per heavy atom. The highest BCUT2D eigenvalue weighted by Crippen LogP contribution is 2.35. The van der Waals surface area contributed by atoms with Crippen LogP contribution >= 0.6 is 11.3 Å². The number of nitrogens with one attached hydrogen (secondary N) is 1. The van der Waals surface area contributed by atoms with Gasteiger partial charge in [-0.2, -0.15) is 0 Å². The van der Waals surface area contributed by atoms with E-state index in [1.165, 1.54) is 40.2 Å². The molecule has 2 nitrogen and oxygen atoms in total. The Bertz CT molecular complexity index is 811. The number of benzene rings is 2. The van der Waals surface area contributed by atoms with Gasteiger partial charge in [0.1, 0.15) is 10.0 Å². The predicted octanol–water partition coefficient (Wildman–Crippen LogP) is 5.48. The van der Waals surface area contributed by atoms with Gasteiger partial charge in [0.05, 0.1) is 5.69 Å². The van der Waals surface area contributed by atoms with Gasteiger partial charge >= 0.3 is 0 Å². The van der Waals surface area contributed by atoms with Crippen molar-refractivity contribution in [3.05, 3.63) is 82.5 Å². The monoisotopic (exact) mass is 332 g/mol. The lowest BCUT2D eigenvalue weighted by Crippen LogP contribution is -1.96. The molecule has 0 aliphatic carbocycles. The second-order valence-corrected chi connectivity index (χ2v) is 7.01. The number of fused-ring (bicyclic) bond motifs is 1. The summed E-state index contributed by atoms with van der Waals surface area (Å²) in [5, 5.41) is 5.89. The van der Waals surface area contributed by atoms with Crippen LogP contribution in [0.4, 0.5) is 5.00 Å². The van der Waals surface area contributed by atoms with Gasteiger partial charge in [-0.15, -0.1) is 0 Å². The number of aromatic nitrogens is 1. The Hall–Kier alpha value is -2.39. The van der Waals surface area contributed by atoms with Crippen LogP contribution in [0, 0.1) is 0 Å². The minimum atomic E-state index is 1.05. The molecule has 24 heavy (non-hydrogen) atoms. The highest BCUT2D eigenvalue weighted by atomic mass is 32.1. The third kappa shape index (κ3) is 3.26. The molecule has 1 aliphatic heterocycles. The first-order valence-electron chi connectivity index (χ1n) is 8.46. The summed E-state index contributed by atoms with van der Waals surface area (Å²) < 4.78 is 0. The summed E-state index contributed by atoms with van der Waals surface area (Å²) in [7, 11) is 0. The molecule has 1 aliphatic rings. The zero-order chi connectivity index (χ0) is 16.2. The van der Waals surface area contributed by atoms with Crippen LogP contribution in [0.1, 0.15) is 34.7 Å². The molecule has 2 aromatic carbocycles. The number of hydrogen-bond donors (Lipinski definition) is 1. The molecule has 0 bridgehead atoms. The second-order valence-electron chi connectivity index (χ2n) is 6.01. The second kappa shape index (κ2) is 7.02. The number of nitrogens with zero attached hydrogens (tertiary/aromatic N) is 1. The summed E-state index contributed by atoms with van der Waals surface area (Å²) >= 11 is 1.78. The molecule has 0 saturated carbocycles. The van der Waals surface area contributed by atoms with Crippen molar-refractivity contribution in [1.29, 1.82) is 0 Å². The minimum absolute atomic E-state index is 1.05. The maximum absolute atomic E-state index is 4.97. The fraction of sp³-hybridized carbons (Fsp3) is 0.190. The molecule has 1 aromatic heterocycles. The summed E-state index contributed by atoms with van der Waals surface area (Å²) in [4.78, 5) is 4.97. The third-order valence-electron chi connectivity index (χ3n) is 4.25. The normalized spacial score (nSPS) is 14.6. The third-order valence-corrected chi connectivity index (χ3v) is 5.34. The van der Waals surface area contributed by atoms with Gasteiger partial charge in [0, 0.05) is 12.1 Å². The summed E-state index contributed by atoms with van der Waals surface area (Å²) in [5.74, 6) is 0. The molecule has 120 valence electrons. The molecule has 0 amide bonds. The van der Waals surface area contributed by atoms with Crippen molar-refractivity contribution >= 4 is 28.0 Å². The van der Waals surface area contributed by atoms with Crippen molar-refractivity contribution in [1.82, 2.24) is 4.98 Å². The molecule has 0 fully saturated rings. The largest absolute Gasteiger partial charge is 0.375 e. The highest BCUT2D eigenvalue weighted by Gasteiger charge is 2.17. The Morgan fingerprint density at radius 1 is 0.958 bits per heavy atom. The van der Waals surface area contributed by atoms with Gasteiger partial charge in [-0.25, -0.2) is 4.98 Å². The molecule has 4 rings (SSSR count). The number of anilines is 1. The van der Waals surface area contributed by atoms with E-state index in [0.717, 1.165) is 18.0 Å². The first-order valence-corrected chi connectivity index (χ1v) is 9.28. The zero-order valence-electron chi connectivity index (χ0n) is 13.5. The fourth-order valence-corrected chi connectivity index (χ4v) is 4.07. The van der Waals surface area contributed by atoms with Crippen LogP contribution in [-0.2, 0) is 6.42 Å². The Kier molecular flexibility index (Phi) is 4.43. The van der Waals surface area contributed by atoms with E-state index in [1.54, 1.807) is 11.3 Å². The van der Waals surface area contributed by atoms with Gasteiger partial charge in [0.15, 0.2) is 0 Å². The summed E-state index contributed by atoms with van der Waals surface area (Å²) in [5.41, 5.74) is 4.84. The highest BCUT2D eigenvalue weighted by molar-refractivity contribution is 7.17. The maximum Gasteiger partial charge on any atom is 0.126 e. The average molecular weight is 332 g/mol. The van der Waals surface area contributed by atoms with Gasteiger partial charge < -0.3 is 5.32 Å². The van der Waals surface area contributed by atoms with Gasteiger partial charge in [0.2, 0.25) is 0 Å². The van der Waals surface area contributed by atoms with Crippen LogP contribution in [0.5, 0.6) is 0 Å². The molecule has 0 saturated heterocycles. The molecule has 1 N–H and O–H groups in total. The van der Waals surface area contributed by atoms with Crippen molar-refractivity contribution in [3.8, 4) is 0 Å². The van der Waals surface area contributed by atoms with E-state index in [1.807, 2.05) is 0 Å². The van der Waals surface area contributed by atoms with Crippen LogP contribution in [-0.4, -0.2) is 11.5 Å². The Balaban J connectivity index is 1.80. The maximum atomic E-state index is 4.97. The molecule has 0 unspecified atom stereocenters. The van der Waals surface area contributed by atoms with Crippen molar-refractivity contribution in [2.24, 2.45) is 0 Å². The van der Waals surface area contributed by atoms with E-state index < -0.39 is 0 Å². The zero-order valence-corrected chi connectivity index (χ0v) is 14.4. The first kappa shape index (κ1) is 15.2. The SMILES string of the molecule is C(=C(c1ccccc1)c1nc2c(s1)NCCCC2)c1ccccc1. The van der Waals surface area contributed by atoms with Gasteiger partial charge in [-0.3, -0.25) is 0 Å². The van der Waals surface area contributed by atoms with Gasteiger partial charge in [0.25, 0.3) is 0 Å². The smallest absolute Gasteiger partial charge is 0.126 e. The lowest BCUT2D eigenvalue weighted by molar-refractivity contribution is 0.774. The van der Waals surface area contributed by atoms with Crippen LogP contribution in [0.2, 0.25) is 0 Å².